The number of benzene rings is 2. The number of rotatable bonds is 5. The first-order chi connectivity index (χ1) is 9.60. The van der Waals surface area contributed by atoms with Crippen LogP contribution in [-0.4, -0.2) is 11.2 Å². The summed E-state index contributed by atoms with van der Waals surface area (Å²) in [4.78, 5) is 11.2. The lowest BCUT2D eigenvalue weighted by Crippen LogP contribution is -2.02. The van der Waals surface area contributed by atoms with Crippen molar-refractivity contribution in [3.8, 4) is 0 Å². The monoisotopic (exact) mass is 292 g/mol. The molecule has 0 bridgehead atoms. The molecule has 0 unspecified atom stereocenters. The standard InChI is InChI=1S/C14H13FN2O2S/c1-20-14-5-3-2-4-13(14)16-9-10-6-11(15)8-12(7-10)17(18)19/h2-8,16H,9H2,1H3. The van der Waals surface area contributed by atoms with Crippen LogP contribution in [0, 0.1) is 15.9 Å². The first kappa shape index (κ1) is 14.3. The number of nitrogens with one attached hydrogen (secondary N) is 1. The van der Waals surface area contributed by atoms with E-state index in [-0.39, 0.29) is 5.69 Å². The van der Waals surface area contributed by atoms with Crippen molar-refractivity contribution in [1.82, 2.24) is 0 Å². The summed E-state index contributed by atoms with van der Waals surface area (Å²) < 4.78 is 13.3. The maximum atomic E-state index is 13.3. The zero-order valence-electron chi connectivity index (χ0n) is 10.8. The average Bonchev–Trinajstić information content (AvgIpc) is 2.44. The molecule has 2 rings (SSSR count). The predicted molar refractivity (Wildman–Crippen MR) is 78.6 cm³/mol. The molecule has 0 fully saturated rings. The number of hydrogen-bond donors (Lipinski definition) is 1. The number of nitro groups is 1. The fraction of sp³-hybridized carbons (Fsp3) is 0.143. The van der Waals surface area contributed by atoms with E-state index in [2.05, 4.69) is 5.32 Å². The number of hydrogen-bond acceptors (Lipinski definition) is 4. The number of para-hydroxylation sites is 1. The van der Waals surface area contributed by atoms with Gasteiger partial charge in [0.2, 0.25) is 0 Å². The molecule has 0 heterocycles. The summed E-state index contributed by atoms with van der Waals surface area (Å²) >= 11 is 1.60. The molecule has 0 aliphatic rings. The number of non-ortho nitro benzene ring substituents is 1. The Bertz CT molecular complexity index is 634. The highest BCUT2D eigenvalue weighted by Crippen LogP contribution is 2.25. The molecule has 0 aliphatic heterocycles. The van der Waals surface area contributed by atoms with Gasteiger partial charge in [0.25, 0.3) is 5.69 Å². The lowest BCUT2D eigenvalue weighted by Gasteiger charge is -2.10. The molecular formula is C14H13FN2O2S. The molecule has 2 aromatic carbocycles. The molecule has 0 saturated heterocycles. The van der Waals surface area contributed by atoms with Gasteiger partial charge >= 0.3 is 0 Å². The summed E-state index contributed by atoms with van der Waals surface area (Å²) in [6, 6.07) is 11.3. The van der Waals surface area contributed by atoms with Crippen LogP contribution in [0.2, 0.25) is 0 Å². The Kier molecular flexibility index (Phi) is 4.57. The van der Waals surface area contributed by atoms with E-state index < -0.39 is 10.7 Å². The number of nitrogens with zero attached hydrogens (tertiary/aromatic N) is 1. The van der Waals surface area contributed by atoms with E-state index in [1.54, 1.807) is 11.8 Å². The van der Waals surface area contributed by atoms with Gasteiger partial charge in [-0.3, -0.25) is 10.1 Å². The lowest BCUT2D eigenvalue weighted by molar-refractivity contribution is -0.385. The zero-order chi connectivity index (χ0) is 14.5. The van der Waals surface area contributed by atoms with Gasteiger partial charge in [-0.25, -0.2) is 4.39 Å². The van der Waals surface area contributed by atoms with Gasteiger partial charge in [-0.1, -0.05) is 12.1 Å². The summed E-state index contributed by atoms with van der Waals surface area (Å²) in [7, 11) is 0. The van der Waals surface area contributed by atoms with E-state index in [1.807, 2.05) is 30.5 Å². The zero-order valence-corrected chi connectivity index (χ0v) is 11.6. The fourth-order valence-corrected chi connectivity index (χ4v) is 2.40. The minimum absolute atomic E-state index is 0.236. The van der Waals surface area contributed by atoms with Crippen molar-refractivity contribution in [2.45, 2.75) is 11.4 Å². The second kappa shape index (κ2) is 6.38. The second-order valence-corrected chi connectivity index (χ2v) is 4.98. The molecule has 0 amide bonds. The lowest BCUT2D eigenvalue weighted by atomic mass is 10.2. The Morgan fingerprint density at radius 3 is 2.75 bits per heavy atom. The first-order valence-electron chi connectivity index (χ1n) is 5.91. The summed E-state index contributed by atoms with van der Waals surface area (Å²) in [5.74, 6) is -0.603. The molecule has 0 radical (unpaired) electrons. The Hall–Kier alpha value is -2.08. The second-order valence-electron chi connectivity index (χ2n) is 4.13. The van der Waals surface area contributed by atoms with E-state index in [0.717, 1.165) is 16.6 Å². The van der Waals surface area contributed by atoms with Gasteiger partial charge in [-0.15, -0.1) is 11.8 Å². The van der Waals surface area contributed by atoms with Crippen molar-refractivity contribution in [2.75, 3.05) is 11.6 Å². The van der Waals surface area contributed by atoms with Crippen molar-refractivity contribution in [2.24, 2.45) is 0 Å². The topological polar surface area (TPSA) is 55.2 Å². The van der Waals surface area contributed by atoms with E-state index >= 15 is 0 Å². The maximum Gasteiger partial charge on any atom is 0.272 e. The van der Waals surface area contributed by atoms with E-state index in [4.69, 9.17) is 0 Å². The van der Waals surface area contributed by atoms with E-state index in [0.29, 0.717) is 12.1 Å². The van der Waals surface area contributed by atoms with Gasteiger partial charge in [-0.2, -0.15) is 0 Å². The number of thioether (sulfide) groups is 1. The number of nitro benzene ring substituents is 1. The normalized spacial score (nSPS) is 10.3. The van der Waals surface area contributed by atoms with Gasteiger partial charge in [-0.05, 0) is 30.0 Å². The fourth-order valence-electron chi connectivity index (χ4n) is 1.83. The smallest absolute Gasteiger partial charge is 0.272 e. The molecule has 0 aromatic heterocycles. The minimum atomic E-state index is -0.603. The highest BCUT2D eigenvalue weighted by molar-refractivity contribution is 7.98. The van der Waals surface area contributed by atoms with Crippen molar-refractivity contribution in [3.63, 3.8) is 0 Å². The Morgan fingerprint density at radius 1 is 1.30 bits per heavy atom. The molecule has 0 saturated carbocycles. The minimum Gasteiger partial charge on any atom is -0.380 e. The molecule has 20 heavy (non-hydrogen) atoms. The molecule has 2 aromatic rings. The first-order valence-corrected chi connectivity index (χ1v) is 7.13. The molecule has 4 nitrogen and oxygen atoms in total. The molecule has 6 heteroatoms. The van der Waals surface area contributed by atoms with Crippen LogP contribution in [0.4, 0.5) is 15.8 Å². The highest BCUT2D eigenvalue weighted by atomic mass is 32.2. The van der Waals surface area contributed by atoms with Crippen LogP contribution in [0.3, 0.4) is 0 Å². The summed E-state index contributed by atoms with van der Waals surface area (Å²) in [5.41, 5.74) is 1.22. The van der Waals surface area contributed by atoms with Crippen LogP contribution in [0.5, 0.6) is 0 Å². The predicted octanol–water partition coefficient (Wildman–Crippen LogP) is 4.07. The van der Waals surface area contributed by atoms with E-state index in [9.17, 15) is 14.5 Å². The largest absolute Gasteiger partial charge is 0.380 e. The van der Waals surface area contributed by atoms with E-state index in [1.165, 1.54) is 12.1 Å². The van der Waals surface area contributed by atoms with Crippen molar-refractivity contribution >= 4 is 23.1 Å². The average molecular weight is 292 g/mol. The number of anilines is 1. The molecule has 0 atom stereocenters. The number of halogens is 1. The highest BCUT2D eigenvalue weighted by Gasteiger charge is 2.10. The molecule has 0 aliphatic carbocycles. The third-order valence-corrected chi connectivity index (χ3v) is 3.54. The van der Waals surface area contributed by atoms with Crippen LogP contribution in [0.1, 0.15) is 5.56 Å². The van der Waals surface area contributed by atoms with Crippen LogP contribution in [-0.2, 0) is 6.54 Å². The maximum absolute atomic E-state index is 13.3. The summed E-state index contributed by atoms with van der Waals surface area (Å²) in [5, 5.41) is 13.9. The molecule has 104 valence electrons. The van der Waals surface area contributed by atoms with Gasteiger partial charge in [0.15, 0.2) is 0 Å². The summed E-state index contributed by atoms with van der Waals surface area (Å²) in [6.07, 6.45) is 1.97. The Morgan fingerprint density at radius 2 is 2.05 bits per heavy atom. The summed E-state index contributed by atoms with van der Waals surface area (Å²) in [6.45, 7) is 0.330. The molecule has 1 N–H and O–H groups in total. The van der Waals surface area contributed by atoms with Crippen molar-refractivity contribution < 1.29 is 9.31 Å². The van der Waals surface area contributed by atoms with Gasteiger partial charge in [0.05, 0.1) is 11.0 Å². The van der Waals surface area contributed by atoms with Crippen LogP contribution in [0.15, 0.2) is 47.4 Å². The Labute approximate surface area is 120 Å². The third-order valence-electron chi connectivity index (χ3n) is 2.74. The quantitative estimate of drug-likeness (QED) is 0.513. The van der Waals surface area contributed by atoms with Crippen LogP contribution < -0.4 is 5.32 Å². The van der Waals surface area contributed by atoms with Gasteiger partial charge < -0.3 is 5.32 Å². The SMILES string of the molecule is CSc1ccccc1NCc1cc(F)cc([N+](=O)[O-])c1. The van der Waals surface area contributed by atoms with Crippen molar-refractivity contribution in [3.05, 3.63) is 64.0 Å². The van der Waals surface area contributed by atoms with Crippen molar-refractivity contribution in [1.29, 1.82) is 0 Å². The van der Waals surface area contributed by atoms with Gasteiger partial charge in [0, 0.05) is 23.2 Å². The molecule has 0 spiro atoms. The third kappa shape index (κ3) is 3.48. The molecular weight excluding hydrogens is 279 g/mol. The van der Waals surface area contributed by atoms with Crippen LogP contribution >= 0.6 is 11.8 Å². The van der Waals surface area contributed by atoms with Gasteiger partial charge in [0.1, 0.15) is 5.82 Å². The van der Waals surface area contributed by atoms with Crippen LogP contribution in [0.25, 0.3) is 0 Å². The Balaban J connectivity index is 2.16.